The van der Waals surface area contributed by atoms with E-state index in [9.17, 15) is 4.79 Å². The second-order valence-electron chi connectivity index (χ2n) is 5.36. The molecule has 0 fully saturated rings. The number of carbonyl (C=O) groups is 1. The van der Waals surface area contributed by atoms with Crippen molar-refractivity contribution in [3.05, 3.63) is 29.6 Å². The summed E-state index contributed by atoms with van der Waals surface area (Å²) in [5.41, 5.74) is 2.69. The van der Waals surface area contributed by atoms with Crippen molar-refractivity contribution in [1.82, 2.24) is 14.5 Å². The van der Waals surface area contributed by atoms with E-state index in [0.717, 1.165) is 35.5 Å². The predicted molar refractivity (Wildman–Crippen MR) is 82.1 cm³/mol. The van der Waals surface area contributed by atoms with E-state index in [4.69, 9.17) is 0 Å². The number of carbonyl (C=O) groups excluding carboxylic acids is 1. The zero-order valence-corrected chi connectivity index (χ0v) is 13.0. The van der Waals surface area contributed by atoms with Crippen LogP contribution in [0.25, 0.3) is 11.0 Å². The Labute approximate surface area is 120 Å². The highest BCUT2D eigenvalue weighted by Crippen LogP contribution is 2.22. The molecule has 0 radical (unpaired) electrons. The first-order valence-electron chi connectivity index (χ1n) is 7.25. The minimum atomic E-state index is 0.0775. The van der Waals surface area contributed by atoms with Gasteiger partial charge in [-0.05, 0) is 32.0 Å². The van der Waals surface area contributed by atoms with Crippen molar-refractivity contribution in [1.29, 1.82) is 0 Å². The lowest BCUT2D eigenvalue weighted by Crippen LogP contribution is -2.30. The predicted octanol–water partition coefficient (Wildman–Crippen LogP) is 3.18. The quantitative estimate of drug-likeness (QED) is 0.858. The second-order valence-corrected chi connectivity index (χ2v) is 5.36. The number of hydrogen-bond acceptors (Lipinski definition) is 2. The molecule has 0 unspecified atom stereocenters. The van der Waals surface area contributed by atoms with Crippen molar-refractivity contribution < 1.29 is 4.79 Å². The fourth-order valence-corrected chi connectivity index (χ4v) is 2.56. The Morgan fingerprint density at radius 2 is 1.95 bits per heavy atom. The van der Waals surface area contributed by atoms with Gasteiger partial charge in [0.2, 0.25) is 0 Å². The molecule has 20 heavy (non-hydrogen) atoms. The van der Waals surface area contributed by atoms with Gasteiger partial charge in [0.25, 0.3) is 5.91 Å². The lowest BCUT2D eigenvalue weighted by atomic mass is 10.1. The molecule has 0 aliphatic carbocycles. The van der Waals surface area contributed by atoms with Gasteiger partial charge in [0.15, 0.2) is 0 Å². The number of aromatic nitrogens is 2. The van der Waals surface area contributed by atoms with Gasteiger partial charge >= 0.3 is 0 Å². The smallest absolute Gasteiger partial charge is 0.253 e. The standard InChI is InChI=1S/C16H23N3O/c1-6-19(7-2)16(20)12-8-9-14-13(10-12)17-15(11(3)4)18(14)5/h8-11H,6-7H2,1-5H3. The molecule has 1 aromatic carbocycles. The minimum absolute atomic E-state index is 0.0775. The number of fused-ring (bicyclic) bond motifs is 1. The summed E-state index contributed by atoms with van der Waals surface area (Å²) in [6.07, 6.45) is 0. The molecule has 0 bridgehead atoms. The molecule has 4 nitrogen and oxygen atoms in total. The van der Waals surface area contributed by atoms with Crippen LogP contribution in [0.5, 0.6) is 0 Å². The molecule has 0 spiro atoms. The average Bonchev–Trinajstić information content (AvgIpc) is 2.77. The van der Waals surface area contributed by atoms with Gasteiger partial charge in [0, 0.05) is 31.6 Å². The van der Waals surface area contributed by atoms with E-state index in [1.54, 1.807) is 0 Å². The van der Waals surface area contributed by atoms with Crippen LogP contribution in [0.15, 0.2) is 18.2 Å². The summed E-state index contributed by atoms with van der Waals surface area (Å²) < 4.78 is 2.10. The van der Waals surface area contributed by atoms with E-state index < -0.39 is 0 Å². The van der Waals surface area contributed by atoms with Gasteiger partial charge < -0.3 is 9.47 Å². The van der Waals surface area contributed by atoms with Gasteiger partial charge in [-0.1, -0.05) is 13.8 Å². The summed E-state index contributed by atoms with van der Waals surface area (Å²) in [6, 6.07) is 5.79. The average molecular weight is 273 g/mol. The highest BCUT2D eigenvalue weighted by Gasteiger charge is 2.16. The highest BCUT2D eigenvalue weighted by molar-refractivity contribution is 5.97. The third kappa shape index (κ3) is 2.42. The highest BCUT2D eigenvalue weighted by atomic mass is 16.2. The normalized spacial score (nSPS) is 11.3. The Morgan fingerprint density at radius 1 is 1.30 bits per heavy atom. The molecule has 2 aromatic rings. The summed E-state index contributed by atoms with van der Waals surface area (Å²) in [5, 5.41) is 0. The molecule has 2 rings (SSSR count). The number of amides is 1. The number of aryl methyl sites for hydroxylation is 1. The fourth-order valence-electron chi connectivity index (χ4n) is 2.56. The van der Waals surface area contributed by atoms with Crippen LogP contribution in [-0.2, 0) is 7.05 Å². The van der Waals surface area contributed by atoms with Crippen LogP contribution in [0.4, 0.5) is 0 Å². The molecular formula is C16H23N3O. The van der Waals surface area contributed by atoms with E-state index in [2.05, 4.69) is 23.4 Å². The van der Waals surface area contributed by atoms with Gasteiger partial charge in [-0.25, -0.2) is 4.98 Å². The van der Waals surface area contributed by atoms with Crippen molar-refractivity contribution in [2.75, 3.05) is 13.1 Å². The van der Waals surface area contributed by atoms with Gasteiger partial charge in [-0.2, -0.15) is 0 Å². The number of benzene rings is 1. The topological polar surface area (TPSA) is 38.1 Å². The molecule has 4 heteroatoms. The van der Waals surface area contributed by atoms with Gasteiger partial charge in [0.1, 0.15) is 5.82 Å². The van der Waals surface area contributed by atoms with Crippen LogP contribution < -0.4 is 0 Å². The molecule has 0 saturated carbocycles. The molecule has 108 valence electrons. The maximum Gasteiger partial charge on any atom is 0.253 e. The zero-order valence-electron chi connectivity index (χ0n) is 13.0. The monoisotopic (exact) mass is 273 g/mol. The summed E-state index contributed by atoms with van der Waals surface area (Å²) >= 11 is 0. The lowest BCUT2D eigenvalue weighted by Gasteiger charge is -2.18. The fraction of sp³-hybridized carbons (Fsp3) is 0.500. The Morgan fingerprint density at radius 3 is 2.50 bits per heavy atom. The molecule has 0 atom stereocenters. The van der Waals surface area contributed by atoms with E-state index in [0.29, 0.717) is 5.92 Å². The van der Waals surface area contributed by atoms with Crippen molar-refractivity contribution >= 4 is 16.9 Å². The minimum Gasteiger partial charge on any atom is -0.339 e. The zero-order chi connectivity index (χ0) is 14.9. The van der Waals surface area contributed by atoms with E-state index in [1.807, 2.05) is 44.0 Å². The maximum absolute atomic E-state index is 12.4. The Balaban J connectivity index is 2.46. The number of nitrogens with zero attached hydrogens (tertiary/aromatic N) is 3. The van der Waals surface area contributed by atoms with Crippen molar-refractivity contribution in [2.45, 2.75) is 33.6 Å². The van der Waals surface area contributed by atoms with Crippen molar-refractivity contribution in [3.63, 3.8) is 0 Å². The first kappa shape index (κ1) is 14.6. The molecule has 1 amide bonds. The largest absolute Gasteiger partial charge is 0.339 e. The Kier molecular flexibility index (Phi) is 4.12. The van der Waals surface area contributed by atoms with Crippen LogP contribution in [0.1, 0.15) is 49.8 Å². The van der Waals surface area contributed by atoms with Crippen LogP contribution in [0.2, 0.25) is 0 Å². The molecule has 0 aliphatic rings. The third-order valence-electron chi connectivity index (χ3n) is 3.73. The van der Waals surface area contributed by atoms with Gasteiger partial charge in [0.05, 0.1) is 11.0 Å². The first-order chi connectivity index (χ1) is 9.49. The van der Waals surface area contributed by atoms with Gasteiger partial charge in [-0.3, -0.25) is 4.79 Å². The maximum atomic E-state index is 12.4. The van der Waals surface area contributed by atoms with E-state index in [1.165, 1.54) is 0 Å². The number of hydrogen-bond donors (Lipinski definition) is 0. The third-order valence-corrected chi connectivity index (χ3v) is 3.73. The molecule has 0 aliphatic heterocycles. The molecule has 0 N–H and O–H groups in total. The summed E-state index contributed by atoms with van der Waals surface area (Å²) in [7, 11) is 2.02. The molecule has 1 heterocycles. The van der Waals surface area contributed by atoms with Crippen LogP contribution in [0, 0.1) is 0 Å². The van der Waals surface area contributed by atoms with Gasteiger partial charge in [-0.15, -0.1) is 0 Å². The lowest BCUT2D eigenvalue weighted by molar-refractivity contribution is 0.0773. The second kappa shape index (κ2) is 5.65. The van der Waals surface area contributed by atoms with Crippen molar-refractivity contribution in [2.24, 2.45) is 7.05 Å². The van der Waals surface area contributed by atoms with Crippen molar-refractivity contribution in [3.8, 4) is 0 Å². The molecule has 0 saturated heterocycles. The Bertz CT molecular complexity index is 624. The number of rotatable bonds is 4. The van der Waals surface area contributed by atoms with Crippen LogP contribution >= 0.6 is 0 Å². The Hall–Kier alpha value is -1.84. The SMILES string of the molecule is CCN(CC)C(=O)c1ccc2c(c1)nc(C(C)C)n2C. The van der Waals surface area contributed by atoms with Crippen LogP contribution in [-0.4, -0.2) is 33.4 Å². The van der Waals surface area contributed by atoms with Crippen LogP contribution in [0.3, 0.4) is 0 Å². The van der Waals surface area contributed by atoms with E-state index >= 15 is 0 Å². The summed E-state index contributed by atoms with van der Waals surface area (Å²) in [4.78, 5) is 18.9. The van der Waals surface area contributed by atoms with E-state index in [-0.39, 0.29) is 5.91 Å². The summed E-state index contributed by atoms with van der Waals surface area (Å²) in [5.74, 6) is 1.50. The first-order valence-corrected chi connectivity index (χ1v) is 7.25. The molecule has 1 aromatic heterocycles. The molecular weight excluding hydrogens is 250 g/mol. The number of imidazole rings is 1. The summed E-state index contributed by atoms with van der Waals surface area (Å²) in [6.45, 7) is 9.71.